The second kappa shape index (κ2) is 8.32. The van der Waals surface area contributed by atoms with E-state index < -0.39 is 0 Å². The summed E-state index contributed by atoms with van der Waals surface area (Å²) in [6.45, 7) is 11.8. The Morgan fingerprint density at radius 2 is 2.00 bits per heavy atom. The van der Waals surface area contributed by atoms with E-state index in [9.17, 15) is 0 Å². The number of ether oxygens (including phenoxy) is 2. The van der Waals surface area contributed by atoms with Crippen LogP contribution in [0.3, 0.4) is 0 Å². The van der Waals surface area contributed by atoms with Crippen molar-refractivity contribution in [1.82, 2.24) is 10.2 Å². The number of nitrogens with one attached hydrogen (secondary N) is 1. The van der Waals surface area contributed by atoms with Crippen LogP contribution in [0.1, 0.15) is 46.5 Å². The van der Waals surface area contributed by atoms with Crippen molar-refractivity contribution in [2.45, 2.75) is 70.8 Å². The quantitative estimate of drug-likeness (QED) is 0.725. The van der Waals surface area contributed by atoms with E-state index in [-0.39, 0.29) is 0 Å². The van der Waals surface area contributed by atoms with E-state index in [4.69, 9.17) is 9.47 Å². The van der Waals surface area contributed by atoms with Gasteiger partial charge in [0.05, 0.1) is 24.9 Å². The summed E-state index contributed by atoms with van der Waals surface area (Å²) in [6.07, 6.45) is 5.98. The maximum absolute atomic E-state index is 6.19. The fourth-order valence-electron chi connectivity index (χ4n) is 3.28. The van der Waals surface area contributed by atoms with E-state index >= 15 is 0 Å². The monoisotopic (exact) mass is 284 g/mol. The molecule has 2 rings (SSSR count). The summed E-state index contributed by atoms with van der Waals surface area (Å²) in [5.41, 5.74) is 0. The number of rotatable bonds is 7. The van der Waals surface area contributed by atoms with Crippen LogP contribution in [0.15, 0.2) is 0 Å². The van der Waals surface area contributed by atoms with Crippen LogP contribution in [0.4, 0.5) is 0 Å². The smallest absolute Gasteiger partial charge is 0.0707 e. The van der Waals surface area contributed by atoms with Crippen LogP contribution in [0, 0.1) is 0 Å². The van der Waals surface area contributed by atoms with Gasteiger partial charge in [-0.05, 0) is 39.2 Å². The molecular formula is C16H32N2O2. The van der Waals surface area contributed by atoms with Crippen molar-refractivity contribution in [3.8, 4) is 0 Å². The number of morpholine rings is 1. The molecule has 0 aromatic heterocycles. The molecule has 0 aromatic carbocycles. The molecule has 4 unspecified atom stereocenters. The lowest BCUT2D eigenvalue weighted by Gasteiger charge is -2.39. The lowest BCUT2D eigenvalue weighted by molar-refractivity contribution is -0.0746. The molecule has 2 heterocycles. The molecule has 20 heavy (non-hydrogen) atoms. The molecule has 4 nitrogen and oxygen atoms in total. The van der Waals surface area contributed by atoms with Crippen molar-refractivity contribution < 1.29 is 9.47 Å². The SMILES string of the molecule is CCCNCC1CCC(CN2CC(C)OCC2CC)O1. The Kier molecular flexibility index (Phi) is 6.75. The Morgan fingerprint density at radius 3 is 2.75 bits per heavy atom. The van der Waals surface area contributed by atoms with Crippen molar-refractivity contribution >= 4 is 0 Å². The second-order valence-electron chi connectivity index (χ2n) is 6.32. The van der Waals surface area contributed by atoms with Crippen LogP contribution in [0.2, 0.25) is 0 Å². The highest BCUT2D eigenvalue weighted by atomic mass is 16.5. The molecule has 4 atom stereocenters. The average Bonchev–Trinajstić information content (AvgIpc) is 2.87. The Labute approximate surface area is 124 Å². The molecule has 0 aromatic rings. The number of hydrogen-bond acceptors (Lipinski definition) is 4. The topological polar surface area (TPSA) is 33.7 Å². The Bertz CT molecular complexity index is 275. The van der Waals surface area contributed by atoms with Gasteiger partial charge in [0.25, 0.3) is 0 Å². The van der Waals surface area contributed by atoms with Gasteiger partial charge in [0, 0.05) is 25.7 Å². The first-order valence-electron chi connectivity index (χ1n) is 8.44. The molecular weight excluding hydrogens is 252 g/mol. The van der Waals surface area contributed by atoms with Gasteiger partial charge in [0.1, 0.15) is 0 Å². The first-order valence-corrected chi connectivity index (χ1v) is 8.44. The molecule has 1 N–H and O–H groups in total. The van der Waals surface area contributed by atoms with Gasteiger partial charge in [0.15, 0.2) is 0 Å². The van der Waals surface area contributed by atoms with Gasteiger partial charge < -0.3 is 14.8 Å². The summed E-state index contributed by atoms with van der Waals surface area (Å²) in [4.78, 5) is 2.58. The molecule has 0 spiro atoms. The fraction of sp³-hybridized carbons (Fsp3) is 1.00. The van der Waals surface area contributed by atoms with E-state index in [0.29, 0.717) is 24.4 Å². The summed E-state index contributed by atoms with van der Waals surface area (Å²) in [5.74, 6) is 0. The lowest BCUT2D eigenvalue weighted by atomic mass is 10.1. The third-order valence-corrected chi connectivity index (χ3v) is 4.48. The van der Waals surface area contributed by atoms with Crippen molar-refractivity contribution in [1.29, 1.82) is 0 Å². The molecule has 2 aliphatic rings. The summed E-state index contributed by atoms with van der Waals surface area (Å²) in [6, 6.07) is 0.576. The first-order chi connectivity index (χ1) is 9.72. The molecule has 2 aliphatic heterocycles. The summed E-state index contributed by atoms with van der Waals surface area (Å²) in [5, 5.41) is 3.47. The molecule has 2 fully saturated rings. The highest BCUT2D eigenvalue weighted by molar-refractivity contribution is 4.83. The minimum Gasteiger partial charge on any atom is -0.376 e. The average molecular weight is 284 g/mol. The first kappa shape index (κ1) is 16.2. The van der Waals surface area contributed by atoms with Crippen LogP contribution >= 0.6 is 0 Å². The molecule has 0 aliphatic carbocycles. The van der Waals surface area contributed by atoms with E-state index in [2.05, 4.69) is 31.0 Å². The zero-order valence-electron chi connectivity index (χ0n) is 13.4. The molecule has 0 amide bonds. The highest BCUT2D eigenvalue weighted by Crippen LogP contribution is 2.23. The third kappa shape index (κ3) is 4.69. The van der Waals surface area contributed by atoms with Crippen molar-refractivity contribution in [2.24, 2.45) is 0 Å². The number of nitrogens with zero attached hydrogens (tertiary/aromatic N) is 1. The van der Waals surface area contributed by atoms with Gasteiger partial charge >= 0.3 is 0 Å². The predicted octanol–water partition coefficient (Wildman–Crippen LogP) is 2.03. The Hall–Kier alpha value is -0.160. The standard InChI is InChI=1S/C16H32N2O2/c1-4-8-17-9-15-6-7-16(20-15)11-18-10-13(3)19-12-14(18)5-2/h13-17H,4-12H2,1-3H3. The minimum absolute atomic E-state index is 0.362. The van der Waals surface area contributed by atoms with Crippen LogP contribution in [0.5, 0.6) is 0 Å². The largest absolute Gasteiger partial charge is 0.376 e. The van der Waals surface area contributed by atoms with Crippen LogP contribution in [-0.2, 0) is 9.47 Å². The zero-order chi connectivity index (χ0) is 14.4. The van der Waals surface area contributed by atoms with Gasteiger partial charge in [-0.15, -0.1) is 0 Å². The third-order valence-electron chi connectivity index (χ3n) is 4.48. The summed E-state index contributed by atoms with van der Waals surface area (Å²) < 4.78 is 12.0. The van der Waals surface area contributed by atoms with E-state index in [1.165, 1.54) is 25.7 Å². The summed E-state index contributed by atoms with van der Waals surface area (Å²) in [7, 11) is 0. The Morgan fingerprint density at radius 1 is 1.20 bits per heavy atom. The molecule has 0 radical (unpaired) electrons. The number of hydrogen-bond donors (Lipinski definition) is 1. The predicted molar refractivity (Wildman–Crippen MR) is 82.1 cm³/mol. The minimum atomic E-state index is 0.362. The van der Waals surface area contributed by atoms with E-state index in [1.807, 2.05) is 0 Å². The van der Waals surface area contributed by atoms with Gasteiger partial charge in [-0.1, -0.05) is 13.8 Å². The van der Waals surface area contributed by atoms with Gasteiger partial charge in [-0.3, -0.25) is 4.90 Å². The zero-order valence-corrected chi connectivity index (χ0v) is 13.4. The van der Waals surface area contributed by atoms with E-state index in [0.717, 1.165) is 32.8 Å². The van der Waals surface area contributed by atoms with Gasteiger partial charge in [0.2, 0.25) is 0 Å². The van der Waals surface area contributed by atoms with Crippen molar-refractivity contribution in [3.63, 3.8) is 0 Å². The maximum atomic E-state index is 6.19. The fourth-order valence-corrected chi connectivity index (χ4v) is 3.28. The molecule has 0 bridgehead atoms. The van der Waals surface area contributed by atoms with Gasteiger partial charge in [-0.25, -0.2) is 0 Å². The summed E-state index contributed by atoms with van der Waals surface area (Å²) >= 11 is 0. The molecule has 0 saturated carbocycles. The Balaban J connectivity index is 1.72. The second-order valence-corrected chi connectivity index (χ2v) is 6.32. The van der Waals surface area contributed by atoms with Crippen LogP contribution in [-0.4, -0.2) is 62.0 Å². The van der Waals surface area contributed by atoms with Crippen molar-refractivity contribution in [3.05, 3.63) is 0 Å². The molecule has 4 heteroatoms. The lowest BCUT2D eigenvalue weighted by Crippen LogP contribution is -2.51. The normalized spacial score (nSPS) is 35.5. The molecule has 118 valence electrons. The van der Waals surface area contributed by atoms with Crippen LogP contribution in [0.25, 0.3) is 0 Å². The molecule has 2 saturated heterocycles. The highest BCUT2D eigenvalue weighted by Gasteiger charge is 2.31. The van der Waals surface area contributed by atoms with E-state index in [1.54, 1.807) is 0 Å². The van der Waals surface area contributed by atoms with Crippen LogP contribution < -0.4 is 5.32 Å². The maximum Gasteiger partial charge on any atom is 0.0707 e. The van der Waals surface area contributed by atoms with Gasteiger partial charge in [-0.2, -0.15) is 0 Å². The van der Waals surface area contributed by atoms with Crippen molar-refractivity contribution in [2.75, 3.05) is 32.8 Å².